The topological polar surface area (TPSA) is 111 Å². The zero-order valence-electron chi connectivity index (χ0n) is 55.0. The lowest BCUT2D eigenvalue weighted by molar-refractivity contribution is -0.870. The van der Waals surface area contributed by atoms with Crippen LogP contribution >= 0.6 is 7.82 Å². The Kier molecular flexibility index (Phi) is 61.9. The third kappa shape index (κ3) is 67.1. The normalized spacial score (nSPS) is 13.4. The highest BCUT2D eigenvalue weighted by Crippen LogP contribution is 2.38. The summed E-state index contributed by atoms with van der Waals surface area (Å²) >= 11 is 0. The summed E-state index contributed by atoms with van der Waals surface area (Å²) in [5, 5.41) is 0. The minimum absolute atomic E-state index is 0.0322. The molecule has 0 spiro atoms. The third-order valence-corrected chi connectivity index (χ3v) is 16.8. The molecule has 0 rings (SSSR count). The molecule has 0 saturated heterocycles. The average molecular weight is 1170 g/mol. The predicted octanol–water partition coefficient (Wildman–Crippen LogP) is 22.2. The molecule has 82 heavy (non-hydrogen) atoms. The summed E-state index contributed by atoms with van der Waals surface area (Å²) in [6.07, 6.45) is 82.2. The number of phosphoric ester groups is 1. The molecule has 2 unspecified atom stereocenters. The molecule has 0 heterocycles. The summed E-state index contributed by atoms with van der Waals surface area (Å²) < 4.78 is 34.3. The van der Waals surface area contributed by atoms with E-state index in [1.165, 1.54) is 244 Å². The van der Waals surface area contributed by atoms with E-state index >= 15 is 0 Å². The van der Waals surface area contributed by atoms with Crippen molar-refractivity contribution in [1.82, 2.24) is 0 Å². The maximum atomic E-state index is 12.8. The molecular weight excluding hydrogens is 1040 g/mol. The van der Waals surface area contributed by atoms with Crippen molar-refractivity contribution >= 4 is 19.8 Å². The first kappa shape index (κ1) is 80.0. The van der Waals surface area contributed by atoms with Gasteiger partial charge in [-0.15, -0.1) is 0 Å². The number of likely N-dealkylation sites (N-methyl/N-ethyl adjacent to an activating group) is 1. The minimum Gasteiger partial charge on any atom is -0.756 e. The summed E-state index contributed by atoms with van der Waals surface area (Å²) in [6, 6.07) is 0. The standard InChI is InChI=1S/C72H136NO8P/c1-6-8-10-12-14-16-18-20-22-24-26-28-29-30-31-32-33-34-35-36-37-38-39-40-41-42-43-45-46-48-50-52-54-56-58-60-62-64-71(74)78-68-70(69-80-82(76,77)79-67-66-73(3,4)5)81-72(75)65-63-61-59-57-55-53-51-49-47-44-27-25-23-21-19-17-15-13-11-9-7-2/h9,11,15,17,21,23,27,44,70H,6-8,10,12-14,16,18-20,22,24-26,28-43,45-69H2,1-5H3/b11-9-,17-15-,23-21-,44-27-. The molecule has 482 valence electrons. The summed E-state index contributed by atoms with van der Waals surface area (Å²) in [4.78, 5) is 38.0. The van der Waals surface area contributed by atoms with Crippen LogP contribution in [0.25, 0.3) is 0 Å². The Morgan fingerprint density at radius 2 is 0.695 bits per heavy atom. The van der Waals surface area contributed by atoms with Gasteiger partial charge in [0.1, 0.15) is 19.8 Å². The van der Waals surface area contributed by atoms with Crippen LogP contribution in [-0.2, 0) is 32.7 Å². The molecule has 0 amide bonds. The van der Waals surface area contributed by atoms with Crippen molar-refractivity contribution in [2.45, 2.75) is 354 Å². The van der Waals surface area contributed by atoms with Gasteiger partial charge in [-0.2, -0.15) is 0 Å². The molecule has 0 radical (unpaired) electrons. The third-order valence-electron chi connectivity index (χ3n) is 15.9. The van der Waals surface area contributed by atoms with E-state index in [4.69, 9.17) is 18.5 Å². The van der Waals surface area contributed by atoms with E-state index in [-0.39, 0.29) is 32.0 Å². The molecule has 0 aliphatic carbocycles. The van der Waals surface area contributed by atoms with Crippen molar-refractivity contribution in [3.05, 3.63) is 48.6 Å². The lowest BCUT2D eigenvalue weighted by atomic mass is 10.0. The van der Waals surface area contributed by atoms with E-state index in [2.05, 4.69) is 62.5 Å². The van der Waals surface area contributed by atoms with Gasteiger partial charge in [-0.25, -0.2) is 0 Å². The quantitative estimate of drug-likeness (QED) is 0.0195. The Balaban J connectivity index is 3.92. The van der Waals surface area contributed by atoms with Crippen LogP contribution in [0.4, 0.5) is 0 Å². The number of rotatable bonds is 66. The highest BCUT2D eigenvalue weighted by molar-refractivity contribution is 7.45. The smallest absolute Gasteiger partial charge is 0.306 e. The molecule has 0 bridgehead atoms. The van der Waals surface area contributed by atoms with Gasteiger partial charge in [-0.05, 0) is 51.4 Å². The Hall–Kier alpha value is -2.03. The van der Waals surface area contributed by atoms with Gasteiger partial charge in [-0.3, -0.25) is 14.2 Å². The molecule has 9 nitrogen and oxygen atoms in total. The molecule has 2 atom stereocenters. The minimum atomic E-state index is -4.64. The van der Waals surface area contributed by atoms with E-state index in [1.807, 2.05) is 21.1 Å². The number of hydrogen-bond donors (Lipinski definition) is 0. The van der Waals surface area contributed by atoms with Gasteiger partial charge in [0.25, 0.3) is 7.82 Å². The number of phosphoric acid groups is 1. The van der Waals surface area contributed by atoms with Gasteiger partial charge in [0.05, 0.1) is 27.7 Å². The number of ether oxygens (including phenoxy) is 2. The Morgan fingerprint density at radius 3 is 1.04 bits per heavy atom. The zero-order chi connectivity index (χ0) is 59.8. The van der Waals surface area contributed by atoms with Crippen LogP contribution in [0.15, 0.2) is 48.6 Å². The number of carbonyl (C=O) groups excluding carboxylic acids is 2. The van der Waals surface area contributed by atoms with E-state index in [1.54, 1.807) is 0 Å². The number of allylic oxidation sites excluding steroid dienone is 8. The number of esters is 2. The average Bonchev–Trinajstić information content (AvgIpc) is 3.46. The van der Waals surface area contributed by atoms with Crippen molar-refractivity contribution < 1.29 is 42.1 Å². The van der Waals surface area contributed by atoms with Crippen molar-refractivity contribution in [1.29, 1.82) is 0 Å². The van der Waals surface area contributed by atoms with Gasteiger partial charge in [0.2, 0.25) is 0 Å². The van der Waals surface area contributed by atoms with Crippen molar-refractivity contribution in [3.63, 3.8) is 0 Å². The summed E-state index contributed by atoms with van der Waals surface area (Å²) in [5.41, 5.74) is 0. The monoisotopic (exact) mass is 1170 g/mol. The van der Waals surface area contributed by atoms with Gasteiger partial charge >= 0.3 is 11.9 Å². The van der Waals surface area contributed by atoms with Crippen molar-refractivity contribution in [2.24, 2.45) is 0 Å². The zero-order valence-corrected chi connectivity index (χ0v) is 55.8. The lowest BCUT2D eigenvalue weighted by Gasteiger charge is -2.28. The first-order valence-electron chi connectivity index (χ1n) is 35.3. The molecule has 0 aromatic heterocycles. The van der Waals surface area contributed by atoms with Crippen LogP contribution in [0, 0.1) is 0 Å². The molecule has 0 aliphatic rings. The Morgan fingerprint density at radius 1 is 0.390 bits per heavy atom. The first-order chi connectivity index (χ1) is 40.0. The van der Waals surface area contributed by atoms with Crippen LogP contribution < -0.4 is 4.89 Å². The Labute approximate surface area is 509 Å². The maximum Gasteiger partial charge on any atom is 0.306 e. The second-order valence-electron chi connectivity index (χ2n) is 25.2. The van der Waals surface area contributed by atoms with Crippen molar-refractivity contribution in [2.75, 3.05) is 47.5 Å². The van der Waals surface area contributed by atoms with E-state index in [0.717, 1.165) is 70.6 Å². The first-order valence-corrected chi connectivity index (χ1v) is 36.8. The van der Waals surface area contributed by atoms with E-state index < -0.39 is 26.5 Å². The molecule has 10 heteroatoms. The molecular formula is C72H136NO8P. The highest BCUT2D eigenvalue weighted by Gasteiger charge is 2.22. The van der Waals surface area contributed by atoms with Crippen molar-refractivity contribution in [3.8, 4) is 0 Å². The van der Waals surface area contributed by atoms with E-state index in [0.29, 0.717) is 17.4 Å². The SMILES string of the molecule is CC/C=C\C/C=C\C/C=C\C/C=C\CCCCCCCCCCC(=O)OC(COC(=O)CCCCCCCCCCCCCCCCCCCCCCCCCCCCCCCCCCCCCCC)COP(=O)([O-])OCC[N+](C)(C)C. The van der Waals surface area contributed by atoms with Crippen LogP contribution in [-0.4, -0.2) is 70.0 Å². The van der Waals surface area contributed by atoms with Gasteiger partial charge in [-0.1, -0.05) is 332 Å². The Bertz CT molecular complexity index is 1520. The second-order valence-corrected chi connectivity index (χ2v) is 26.6. The summed E-state index contributed by atoms with van der Waals surface area (Å²) in [7, 11) is 1.17. The molecule has 0 N–H and O–H groups in total. The van der Waals surface area contributed by atoms with Crippen LogP contribution in [0.3, 0.4) is 0 Å². The number of carbonyl (C=O) groups is 2. The fraction of sp³-hybridized carbons (Fsp3) is 0.861. The van der Waals surface area contributed by atoms with Gasteiger partial charge < -0.3 is 27.9 Å². The number of hydrogen-bond acceptors (Lipinski definition) is 8. The molecule has 0 aromatic rings. The van der Waals surface area contributed by atoms with Gasteiger partial charge in [0.15, 0.2) is 6.10 Å². The number of nitrogens with zero attached hydrogens (tertiary/aromatic N) is 1. The number of quaternary nitrogens is 1. The summed E-state index contributed by atoms with van der Waals surface area (Å²) in [6.45, 7) is 4.17. The highest BCUT2D eigenvalue weighted by atomic mass is 31.2. The predicted molar refractivity (Wildman–Crippen MR) is 351 cm³/mol. The lowest BCUT2D eigenvalue weighted by Crippen LogP contribution is -2.37. The fourth-order valence-corrected chi connectivity index (χ4v) is 11.2. The fourth-order valence-electron chi connectivity index (χ4n) is 10.5. The molecule has 0 aromatic carbocycles. The maximum absolute atomic E-state index is 12.8. The number of unbranched alkanes of at least 4 members (excludes halogenated alkanes) is 44. The summed E-state index contributed by atoms with van der Waals surface area (Å²) in [5.74, 6) is -0.828. The van der Waals surface area contributed by atoms with Crippen LogP contribution in [0.1, 0.15) is 348 Å². The van der Waals surface area contributed by atoms with Gasteiger partial charge in [0, 0.05) is 12.8 Å². The molecule has 0 aliphatic heterocycles. The molecule has 0 fully saturated rings. The molecule has 0 saturated carbocycles. The van der Waals surface area contributed by atoms with Crippen LogP contribution in [0.5, 0.6) is 0 Å². The second kappa shape index (κ2) is 63.5. The van der Waals surface area contributed by atoms with Crippen LogP contribution in [0.2, 0.25) is 0 Å². The van der Waals surface area contributed by atoms with E-state index in [9.17, 15) is 19.0 Å². The largest absolute Gasteiger partial charge is 0.756 e.